The third kappa shape index (κ3) is 6.81. The fourth-order valence-corrected chi connectivity index (χ4v) is 4.79. The van der Waals surface area contributed by atoms with Crippen LogP contribution in [0.5, 0.6) is 0 Å². The van der Waals surface area contributed by atoms with Crippen LogP contribution in [0, 0.1) is 6.92 Å². The second-order valence-corrected chi connectivity index (χ2v) is 9.97. The number of halogens is 4. The Labute approximate surface area is 230 Å². The van der Waals surface area contributed by atoms with Gasteiger partial charge in [0.25, 0.3) is 5.91 Å². The summed E-state index contributed by atoms with van der Waals surface area (Å²) in [5.74, 6) is -0.117. The van der Waals surface area contributed by atoms with Crippen LogP contribution in [0.4, 0.5) is 5.69 Å². The van der Waals surface area contributed by atoms with Crippen LogP contribution in [0.3, 0.4) is 0 Å². The molecule has 1 atom stereocenters. The van der Waals surface area contributed by atoms with Gasteiger partial charge in [-0.3, -0.25) is 4.79 Å². The van der Waals surface area contributed by atoms with Gasteiger partial charge >= 0.3 is 0 Å². The first-order valence-corrected chi connectivity index (χ1v) is 12.7. The average Bonchev–Trinajstić information content (AvgIpc) is 3.26. The topological polar surface area (TPSA) is 47.1 Å². The highest BCUT2D eigenvalue weighted by Gasteiger charge is 2.21. The van der Waals surface area contributed by atoms with Crippen molar-refractivity contribution in [2.45, 2.75) is 32.7 Å². The van der Waals surface area contributed by atoms with Gasteiger partial charge in [-0.05, 0) is 42.8 Å². The molecule has 0 bridgehead atoms. The first-order chi connectivity index (χ1) is 17.3. The molecule has 0 spiro atoms. The van der Waals surface area contributed by atoms with E-state index < -0.39 is 6.10 Å². The number of ether oxygens (including phenoxy) is 1. The molecule has 4 rings (SSSR count). The third-order valence-corrected chi connectivity index (χ3v) is 6.94. The van der Waals surface area contributed by atoms with E-state index in [0.717, 1.165) is 16.8 Å². The van der Waals surface area contributed by atoms with Crippen molar-refractivity contribution in [2.75, 3.05) is 5.32 Å². The highest BCUT2D eigenvalue weighted by molar-refractivity contribution is 6.36. The predicted molar refractivity (Wildman–Crippen MR) is 145 cm³/mol. The Morgan fingerprint density at radius 3 is 2.47 bits per heavy atom. The van der Waals surface area contributed by atoms with Crippen LogP contribution in [0.25, 0.3) is 0 Å². The summed E-state index contributed by atoms with van der Waals surface area (Å²) in [6.45, 7) is 2.76. The van der Waals surface area contributed by atoms with Crippen molar-refractivity contribution >= 4 is 58.0 Å². The molecule has 9 heteroatoms. The summed E-state index contributed by atoms with van der Waals surface area (Å²) in [6.07, 6.45) is 5.14. The van der Waals surface area contributed by atoms with E-state index >= 15 is 0 Å². The van der Waals surface area contributed by atoms with E-state index in [0.29, 0.717) is 32.2 Å². The van der Waals surface area contributed by atoms with Crippen molar-refractivity contribution in [1.29, 1.82) is 0 Å². The molecule has 0 saturated carbocycles. The molecule has 3 aromatic carbocycles. The van der Waals surface area contributed by atoms with Gasteiger partial charge in [-0.25, -0.2) is 9.13 Å². The molecule has 36 heavy (non-hydrogen) atoms. The highest BCUT2D eigenvalue weighted by Crippen LogP contribution is 2.32. The zero-order chi connectivity index (χ0) is 25.7. The number of nitrogens with zero attached hydrogens (tertiary/aromatic N) is 2. The molecule has 5 nitrogen and oxygen atoms in total. The number of benzene rings is 3. The third-order valence-electron chi connectivity index (χ3n) is 5.67. The molecule has 0 saturated heterocycles. The Balaban J connectivity index is 1.49. The number of aryl methyl sites for hydroxylation is 1. The van der Waals surface area contributed by atoms with E-state index in [2.05, 4.69) is 5.32 Å². The van der Waals surface area contributed by atoms with Gasteiger partial charge in [0.1, 0.15) is 25.0 Å². The number of anilines is 1. The fraction of sp³-hybridized carbons (Fsp3) is 0.185. The largest absolute Gasteiger partial charge is 0.365 e. The van der Waals surface area contributed by atoms with E-state index in [-0.39, 0.29) is 19.1 Å². The van der Waals surface area contributed by atoms with E-state index in [1.807, 2.05) is 60.5 Å². The fourth-order valence-electron chi connectivity index (χ4n) is 3.76. The first kappa shape index (κ1) is 26.5. The number of aromatic nitrogens is 2. The summed E-state index contributed by atoms with van der Waals surface area (Å²) in [5.41, 5.74) is 3.28. The minimum atomic E-state index is -0.427. The van der Waals surface area contributed by atoms with Gasteiger partial charge in [0.2, 0.25) is 6.33 Å². The maximum Gasteiger partial charge on any atom is 0.266 e. The second kappa shape index (κ2) is 12.1. The number of rotatable bonds is 9. The van der Waals surface area contributed by atoms with Gasteiger partial charge in [-0.15, -0.1) is 0 Å². The van der Waals surface area contributed by atoms with Gasteiger partial charge in [-0.2, -0.15) is 0 Å². The summed E-state index contributed by atoms with van der Waals surface area (Å²) in [6, 6.07) is 18.3. The molecule has 0 aliphatic heterocycles. The molecular weight excluding hydrogens is 540 g/mol. The van der Waals surface area contributed by atoms with E-state index in [1.54, 1.807) is 34.9 Å². The Bertz CT molecular complexity index is 1350. The average molecular weight is 564 g/mol. The maximum absolute atomic E-state index is 12.6. The SMILES string of the molecule is Cc1ccccc1NC(=O)C[n+]1ccn(CC(OCc2c(Cl)cccc2Cl)c2ccc(Cl)cc2Cl)c1. The summed E-state index contributed by atoms with van der Waals surface area (Å²) >= 11 is 25.3. The monoisotopic (exact) mass is 562 g/mol. The normalized spacial score (nSPS) is 11.9. The molecule has 0 aliphatic carbocycles. The number of hydrogen-bond donors (Lipinski definition) is 1. The van der Waals surface area contributed by atoms with Crippen LogP contribution in [-0.4, -0.2) is 10.5 Å². The molecule has 1 heterocycles. The number of carbonyl (C=O) groups is 1. The molecule has 1 aromatic heterocycles. The summed E-state index contributed by atoms with van der Waals surface area (Å²) < 4.78 is 10.0. The molecule has 0 fully saturated rings. The second-order valence-electron chi connectivity index (χ2n) is 8.31. The van der Waals surface area contributed by atoms with Crippen LogP contribution in [-0.2, 0) is 29.2 Å². The Hall–Kier alpha value is -2.54. The summed E-state index contributed by atoms with van der Waals surface area (Å²) in [5, 5.41) is 5.04. The van der Waals surface area contributed by atoms with Crippen LogP contribution in [0.2, 0.25) is 20.1 Å². The standard InChI is InChI=1S/C27H23Cl4N3O2/c1-18-5-2-3-8-25(18)32-27(35)15-34-12-11-33(17-34)14-26(20-10-9-19(28)13-24(20)31)36-16-21-22(29)6-4-7-23(21)30/h2-13,17,26H,14-16H2,1H3/p+1. The van der Waals surface area contributed by atoms with Gasteiger partial charge in [-0.1, -0.05) is 76.7 Å². The quantitative estimate of drug-likeness (QED) is 0.217. The van der Waals surface area contributed by atoms with Gasteiger partial charge < -0.3 is 10.1 Å². The molecular formula is C27H24Cl4N3O2+. The Kier molecular flexibility index (Phi) is 8.94. The van der Waals surface area contributed by atoms with Crippen molar-refractivity contribution in [2.24, 2.45) is 0 Å². The smallest absolute Gasteiger partial charge is 0.266 e. The van der Waals surface area contributed by atoms with Crippen LogP contribution in [0.1, 0.15) is 22.8 Å². The minimum absolute atomic E-state index is 0.117. The number of para-hydroxylation sites is 1. The van der Waals surface area contributed by atoms with Gasteiger partial charge in [0.05, 0.1) is 6.61 Å². The highest BCUT2D eigenvalue weighted by atomic mass is 35.5. The number of hydrogen-bond acceptors (Lipinski definition) is 2. The van der Waals surface area contributed by atoms with Gasteiger partial charge in [0.15, 0.2) is 6.54 Å². The summed E-state index contributed by atoms with van der Waals surface area (Å²) in [4.78, 5) is 12.6. The van der Waals surface area contributed by atoms with Crippen molar-refractivity contribution in [3.8, 4) is 0 Å². The molecule has 0 aliphatic rings. The molecule has 4 aromatic rings. The van der Waals surface area contributed by atoms with Crippen molar-refractivity contribution in [3.05, 3.63) is 116 Å². The molecule has 1 amide bonds. The van der Waals surface area contributed by atoms with Crippen LogP contribution >= 0.6 is 46.4 Å². The number of amides is 1. The van der Waals surface area contributed by atoms with Crippen LogP contribution in [0.15, 0.2) is 79.4 Å². The Morgan fingerprint density at radius 1 is 1.00 bits per heavy atom. The lowest BCUT2D eigenvalue weighted by molar-refractivity contribution is -0.683. The number of carbonyl (C=O) groups excluding carboxylic acids is 1. The number of imidazole rings is 1. The molecule has 1 N–H and O–H groups in total. The predicted octanol–water partition coefficient (Wildman–Crippen LogP) is 7.29. The van der Waals surface area contributed by atoms with Crippen molar-refractivity contribution < 1.29 is 14.1 Å². The molecule has 0 radical (unpaired) electrons. The first-order valence-electron chi connectivity index (χ1n) is 11.2. The minimum Gasteiger partial charge on any atom is -0.365 e. The molecule has 186 valence electrons. The zero-order valence-electron chi connectivity index (χ0n) is 19.4. The van der Waals surface area contributed by atoms with E-state index in [9.17, 15) is 4.79 Å². The lowest BCUT2D eigenvalue weighted by Gasteiger charge is -2.19. The molecule has 1 unspecified atom stereocenters. The number of nitrogens with one attached hydrogen (secondary N) is 1. The Morgan fingerprint density at radius 2 is 1.75 bits per heavy atom. The lowest BCUT2D eigenvalue weighted by atomic mass is 10.1. The van der Waals surface area contributed by atoms with Crippen molar-refractivity contribution in [3.63, 3.8) is 0 Å². The summed E-state index contributed by atoms with van der Waals surface area (Å²) in [7, 11) is 0. The maximum atomic E-state index is 12.6. The van der Waals surface area contributed by atoms with Crippen LogP contribution < -0.4 is 9.88 Å². The lowest BCUT2D eigenvalue weighted by Crippen LogP contribution is -2.38. The van der Waals surface area contributed by atoms with Crippen molar-refractivity contribution in [1.82, 2.24) is 4.57 Å². The van der Waals surface area contributed by atoms with E-state index in [4.69, 9.17) is 51.1 Å². The van der Waals surface area contributed by atoms with E-state index in [1.165, 1.54) is 0 Å². The van der Waals surface area contributed by atoms with Gasteiger partial charge in [0, 0.05) is 36.9 Å². The zero-order valence-corrected chi connectivity index (χ0v) is 22.5.